The molecule has 0 aliphatic rings. The maximum Gasteiger partial charge on any atom is 0.310 e. The van der Waals surface area contributed by atoms with E-state index in [0.717, 1.165) is 12.8 Å². The van der Waals surface area contributed by atoms with Crippen LogP contribution >= 0.6 is 0 Å². The molecule has 0 spiro atoms. The van der Waals surface area contributed by atoms with E-state index in [-0.39, 0.29) is 11.9 Å². The van der Waals surface area contributed by atoms with Crippen LogP contribution in [0.4, 0.5) is 11.5 Å². The Labute approximate surface area is 108 Å². The van der Waals surface area contributed by atoms with Crippen molar-refractivity contribution < 1.29 is 9.53 Å². The van der Waals surface area contributed by atoms with Gasteiger partial charge < -0.3 is 15.8 Å². The minimum Gasteiger partial charge on any atom is -0.466 e. The molecule has 5 heteroatoms. The van der Waals surface area contributed by atoms with Crippen molar-refractivity contribution in [2.45, 2.75) is 26.7 Å². The normalized spacial score (nSPS) is 11.9. The number of nitrogens with two attached hydrogens (primary N) is 1. The van der Waals surface area contributed by atoms with Gasteiger partial charge in [0.25, 0.3) is 0 Å². The van der Waals surface area contributed by atoms with Gasteiger partial charge in [0, 0.05) is 12.7 Å². The molecule has 0 aliphatic heterocycles. The van der Waals surface area contributed by atoms with Gasteiger partial charge in [-0.15, -0.1) is 0 Å². The van der Waals surface area contributed by atoms with E-state index < -0.39 is 0 Å². The predicted octanol–water partition coefficient (Wildman–Crippen LogP) is 2.06. The van der Waals surface area contributed by atoms with Gasteiger partial charge in [-0.2, -0.15) is 0 Å². The number of rotatable bonds is 7. The van der Waals surface area contributed by atoms with Crippen LogP contribution < -0.4 is 11.1 Å². The van der Waals surface area contributed by atoms with Crippen LogP contribution in [0.15, 0.2) is 18.3 Å². The van der Waals surface area contributed by atoms with Crippen molar-refractivity contribution in [1.82, 2.24) is 4.98 Å². The Morgan fingerprint density at radius 3 is 2.94 bits per heavy atom. The number of esters is 1. The first-order chi connectivity index (χ1) is 8.69. The number of ether oxygens (including phenoxy) is 1. The second-order valence-electron chi connectivity index (χ2n) is 4.06. The van der Waals surface area contributed by atoms with Crippen molar-refractivity contribution in [2.24, 2.45) is 5.92 Å². The number of pyridine rings is 1. The zero-order valence-corrected chi connectivity index (χ0v) is 11.0. The van der Waals surface area contributed by atoms with Gasteiger partial charge in [0.1, 0.15) is 5.82 Å². The van der Waals surface area contributed by atoms with Crippen molar-refractivity contribution in [3.63, 3.8) is 0 Å². The standard InChI is InChI=1S/C13H21N3O2/c1-3-6-10(13(17)18-4-2)9-16-12-11(14)7-5-8-15-12/h5,7-8,10H,3-4,6,9,14H2,1-2H3,(H,15,16). The van der Waals surface area contributed by atoms with Crippen molar-refractivity contribution in [2.75, 3.05) is 24.2 Å². The Hall–Kier alpha value is -1.78. The van der Waals surface area contributed by atoms with E-state index in [1.807, 2.05) is 13.8 Å². The van der Waals surface area contributed by atoms with E-state index >= 15 is 0 Å². The molecule has 0 radical (unpaired) electrons. The predicted molar refractivity (Wildman–Crippen MR) is 72.2 cm³/mol. The number of hydrogen-bond acceptors (Lipinski definition) is 5. The number of carbonyl (C=O) groups excluding carboxylic acids is 1. The molecule has 3 N–H and O–H groups in total. The molecule has 18 heavy (non-hydrogen) atoms. The van der Waals surface area contributed by atoms with Crippen molar-refractivity contribution in [3.05, 3.63) is 18.3 Å². The van der Waals surface area contributed by atoms with Gasteiger partial charge in [-0.25, -0.2) is 4.98 Å². The van der Waals surface area contributed by atoms with Gasteiger partial charge in [-0.3, -0.25) is 4.79 Å². The third-order valence-corrected chi connectivity index (χ3v) is 2.61. The van der Waals surface area contributed by atoms with E-state index in [2.05, 4.69) is 10.3 Å². The van der Waals surface area contributed by atoms with E-state index in [1.54, 1.807) is 18.3 Å². The van der Waals surface area contributed by atoms with E-state index in [0.29, 0.717) is 24.7 Å². The van der Waals surface area contributed by atoms with Crippen LogP contribution in [0.25, 0.3) is 0 Å². The van der Waals surface area contributed by atoms with E-state index in [4.69, 9.17) is 10.5 Å². The molecule has 5 nitrogen and oxygen atoms in total. The van der Waals surface area contributed by atoms with Crippen LogP contribution in [-0.2, 0) is 9.53 Å². The number of hydrogen-bond donors (Lipinski definition) is 2. The van der Waals surface area contributed by atoms with Gasteiger partial charge in [0.2, 0.25) is 0 Å². The summed E-state index contributed by atoms with van der Waals surface area (Å²) in [4.78, 5) is 15.9. The van der Waals surface area contributed by atoms with Crippen LogP contribution in [0, 0.1) is 5.92 Å². The molecule has 1 aromatic heterocycles. The summed E-state index contributed by atoms with van der Waals surface area (Å²) in [5.74, 6) is 0.292. The molecule has 0 saturated carbocycles. The largest absolute Gasteiger partial charge is 0.466 e. The molecule has 1 rings (SSSR count). The van der Waals surface area contributed by atoms with Gasteiger partial charge in [0.15, 0.2) is 0 Å². The van der Waals surface area contributed by atoms with Gasteiger partial charge >= 0.3 is 5.97 Å². The average Bonchev–Trinajstić information content (AvgIpc) is 2.36. The maximum absolute atomic E-state index is 11.7. The minimum absolute atomic E-state index is 0.156. The van der Waals surface area contributed by atoms with E-state index in [1.165, 1.54) is 0 Å². The molecule has 0 amide bonds. The Balaban J connectivity index is 2.57. The average molecular weight is 251 g/mol. The number of nitrogen functional groups attached to an aromatic ring is 1. The van der Waals surface area contributed by atoms with Crippen molar-refractivity contribution in [1.29, 1.82) is 0 Å². The molecule has 1 aromatic rings. The van der Waals surface area contributed by atoms with Gasteiger partial charge in [0.05, 0.1) is 18.2 Å². The maximum atomic E-state index is 11.7. The Kier molecular flexibility index (Phi) is 5.97. The van der Waals surface area contributed by atoms with Crippen LogP contribution in [0.5, 0.6) is 0 Å². The van der Waals surface area contributed by atoms with Crippen molar-refractivity contribution >= 4 is 17.5 Å². The molecular weight excluding hydrogens is 230 g/mol. The fourth-order valence-electron chi connectivity index (χ4n) is 1.70. The first-order valence-electron chi connectivity index (χ1n) is 6.30. The van der Waals surface area contributed by atoms with Crippen molar-refractivity contribution in [3.8, 4) is 0 Å². The third kappa shape index (κ3) is 4.24. The lowest BCUT2D eigenvalue weighted by molar-refractivity contribution is -0.147. The summed E-state index contributed by atoms with van der Waals surface area (Å²) >= 11 is 0. The highest BCUT2D eigenvalue weighted by atomic mass is 16.5. The fourth-order valence-corrected chi connectivity index (χ4v) is 1.70. The van der Waals surface area contributed by atoms with Gasteiger partial charge in [-0.1, -0.05) is 13.3 Å². The lowest BCUT2D eigenvalue weighted by Gasteiger charge is -2.16. The quantitative estimate of drug-likeness (QED) is 0.725. The molecule has 0 fully saturated rings. The Morgan fingerprint density at radius 1 is 1.56 bits per heavy atom. The fraction of sp³-hybridized carbons (Fsp3) is 0.538. The topological polar surface area (TPSA) is 77.2 Å². The zero-order valence-electron chi connectivity index (χ0n) is 11.0. The summed E-state index contributed by atoms with van der Waals surface area (Å²) in [5.41, 5.74) is 6.35. The van der Waals surface area contributed by atoms with Crippen LogP contribution in [0.2, 0.25) is 0 Å². The monoisotopic (exact) mass is 251 g/mol. The lowest BCUT2D eigenvalue weighted by Crippen LogP contribution is -2.25. The number of anilines is 2. The highest BCUT2D eigenvalue weighted by molar-refractivity contribution is 5.73. The van der Waals surface area contributed by atoms with Crippen LogP contribution in [0.1, 0.15) is 26.7 Å². The summed E-state index contributed by atoms with van der Waals surface area (Å²) < 4.78 is 5.04. The molecule has 0 aliphatic carbocycles. The third-order valence-electron chi connectivity index (χ3n) is 2.61. The molecule has 1 unspecified atom stereocenters. The lowest BCUT2D eigenvalue weighted by atomic mass is 10.0. The second kappa shape index (κ2) is 7.53. The zero-order chi connectivity index (χ0) is 13.4. The smallest absolute Gasteiger partial charge is 0.310 e. The first-order valence-corrected chi connectivity index (χ1v) is 6.30. The number of carbonyl (C=O) groups is 1. The summed E-state index contributed by atoms with van der Waals surface area (Å²) in [6.45, 7) is 4.76. The summed E-state index contributed by atoms with van der Waals surface area (Å²) in [7, 11) is 0. The van der Waals surface area contributed by atoms with E-state index in [9.17, 15) is 4.79 Å². The summed E-state index contributed by atoms with van der Waals surface area (Å²) in [6, 6.07) is 3.55. The molecule has 0 saturated heterocycles. The number of aromatic nitrogens is 1. The molecule has 1 atom stereocenters. The molecule has 0 aromatic carbocycles. The van der Waals surface area contributed by atoms with Gasteiger partial charge in [-0.05, 0) is 25.5 Å². The SMILES string of the molecule is CCCC(CNc1ncccc1N)C(=O)OCC. The number of nitrogens with zero attached hydrogens (tertiary/aromatic N) is 1. The number of nitrogens with one attached hydrogen (secondary N) is 1. The highest BCUT2D eigenvalue weighted by Gasteiger charge is 2.18. The summed E-state index contributed by atoms with van der Waals surface area (Å²) in [6.07, 6.45) is 3.39. The molecule has 0 bridgehead atoms. The molecular formula is C13H21N3O2. The molecule has 1 heterocycles. The minimum atomic E-state index is -0.165. The second-order valence-corrected chi connectivity index (χ2v) is 4.06. The Bertz CT molecular complexity index is 382. The Morgan fingerprint density at radius 2 is 2.33 bits per heavy atom. The van der Waals surface area contributed by atoms with Crippen LogP contribution in [0.3, 0.4) is 0 Å². The highest BCUT2D eigenvalue weighted by Crippen LogP contribution is 2.15. The summed E-state index contributed by atoms with van der Waals surface area (Å²) in [5, 5.41) is 3.10. The molecule has 100 valence electrons. The van der Waals surface area contributed by atoms with Crippen LogP contribution in [-0.4, -0.2) is 24.1 Å². The first kappa shape index (κ1) is 14.3.